The first-order valence-electron chi connectivity index (χ1n) is 8.47. The van der Waals surface area contributed by atoms with Crippen molar-refractivity contribution in [3.05, 3.63) is 88.0 Å². The number of hydrogen-bond acceptors (Lipinski definition) is 3. The molecule has 1 amide bonds. The molecule has 0 bridgehead atoms. The van der Waals surface area contributed by atoms with Crippen molar-refractivity contribution in [2.24, 2.45) is 5.10 Å². The highest BCUT2D eigenvalue weighted by Crippen LogP contribution is 2.21. The van der Waals surface area contributed by atoms with Gasteiger partial charge in [0.2, 0.25) is 0 Å². The lowest BCUT2D eigenvalue weighted by Gasteiger charge is -2.03. The van der Waals surface area contributed by atoms with E-state index in [9.17, 15) is 9.18 Å². The summed E-state index contributed by atoms with van der Waals surface area (Å²) >= 11 is 3.44. The first kappa shape index (κ1) is 18.1. The summed E-state index contributed by atoms with van der Waals surface area (Å²) in [6, 6.07) is 13.9. The molecule has 4 rings (SSSR count). The second-order valence-corrected chi connectivity index (χ2v) is 7.04. The van der Waals surface area contributed by atoms with Crippen molar-refractivity contribution in [1.29, 1.82) is 0 Å². The quantitative estimate of drug-likeness (QED) is 0.363. The smallest absolute Gasteiger partial charge is 0.291 e. The second-order valence-electron chi connectivity index (χ2n) is 6.12. The van der Waals surface area contributed by atoms with Gasteiger partial charge in [0, 0.05) is 38.9 Å². The fourth-order valence-electron chi connectivity index (χ4n) is 2.81. The number of amides is 1. The van der Waals surface area contributed by atoms with Crippen LogP contribution < -0.4 is 5.43 Å². The van der Waals surface area contributed by atoms with Gasteiger partial charge in [-0.3, -0.25) is 9.48 Å². The number of aromatic nitrogens is 3. The summed E-state index contributed by atoms with van der Waals surface area (Å²) in [4.78, 5) is 15.4. The number of rotatable bonds is 5. The van der Waals surface area contributed by atoms with Crippen LogP contribution in [-0.2, 0) is 6.54 Å². The van der Waals surface area contributed by atoms with Crippen LogP contribution in [0.25, 0.3) is 10.9 Å². The Kier molecular flexibility index (Phi) is 5.03. The monoisotopic (exact) mass is 439 g/mol. The van der Waals surface area contributed by atoms with Gasteiger partial charge in [0.05, 0.1) is 12.8 Å². The molecular formula is C20H15BrFN5O. The van der Waals surface area contributed by atoms with E-state index in [4.69, 9.17) is 0 Å². The third-order valence-corrected chi connectivity index (χ3v) is 4.70. The number of aromatic amines is 1. The van der Waals surface area contributed by atoms with Gasteiger partial charge in [0.25, 0.3) is 5.91 Å². The largest absolute Gasteiger partial charge is 0.361 e. The van der Waals surface area contributed by atoms with Crippen LogP contribution in [0.4, 0.5) is 4.39 Å². The number of halogens is 2. The predicted octanol–water partition coefficient (Wildman–Crippen LogP) is 4.08. The van der Waals surface area contributed by atoms with Crippen molar-refractivity contribution in [3.8, 4) is 0 Å². The van der Waals surface area contributed by atoms with Crippen LogP contribution in [0, 0.1) is 5.82 Å². The molecule has 0 unspecified atom stereocenters. The van der Waals surface area contributed by atoms with Gasteiger partial charge in [0.1, 0.15) is 5.82 Å². The van der Waals surface area contributed by atoms with Gasteiger partial charge in [-0.15, -0.1) is 0 Å². The number of nitrogens with zero attached hydrogens (tertiary/aromatic N) is 3. The molecule has 0 radical (unpaired) electrons. The molecule has 2 aromatic carbocycles. The zero-order chi connectivity index (χ0) is 19.5. The molecule has 28 heavy (non-hydrogen) atoms. The Bertz CT molecular complexity index is 1180. The molecule has 8 heteroatoms. The zero-order valence-corrected chi connectivity index (χ0v) is 16.1. The van der Waals surface area contributed by atoms with Crippen LogP contribution >= 0.6 is 15.9 Å². The highest BCUT2D eigenvalue weighted by atomic mass is 79.9. The Morgan fingerprint density at radius 3 is 3.00 bits per heavy atom. The second kappa shape index (κ2) is 7.77. The number of hydrazone groups is 1. The van der Waals surface area contributed by atoms with Gasteiger partial charge in [-0.05, 0) is 30.3 Å². The minimum Gasteiger partial charge on any atom is -0.361 e. The molecule has 6 nitrogen and oxygen atoms in total. The van der Waals surface area contributed by atoms with E-state index in [2.05, 4.69) is 36.5 Å². The number of carbonyl (C=O) groups excluding carboxylic acids is 1. The van der Waals surface area contributed by atoms with Crippen LogP contribution in [0.5, 0.6) is 0 Å². The molecule has 140 valence electrons. The molecule has 0 aliphatic rings. The molecule has 4 aromatic rings. The summed E-state index contributed by atoms with van der Waals surface area (Å²) in [5.74, 6) is -0.747. The first-order valence-corrected chi connectivity index (χ1v) is 9.26. The normalized spacial score (nSPS) is 11.4. The van der Waals surface area contributed by atoms with Gasteiger partial charge in [-0.25, -0.2) is 9.82 Å². The van der Waals surface area contributed by atoms with E-state index in [1.807, 2.05) is 24.4 Å². The molecule has 0 atom stereocenters. The predicted molar refractivity (Wildman–Crippen MR) is 109 cm³/mol. The van der Waals surface area contributed by atoms with Crippen LogP contribution in [0.2, 0.25) is 0 Å². The average Bonchev–Trinajstić information content (AvgIpc) is 3.31. The summed E-state index contributed by atoms with van der Waals surface area (Å²) in [7, 11) is 0. The van der Waals surface area contributed by atoms with E-state index in [1.54, 1.807) is 36.7 Å². The lowest BCUT2D eigenvalue weighted by Crippen LogP contribution is -2.18. The Morgan fingerprint density at radius 1 is 1.29 bits per heavy atom. The van der Waals surface area contributed by atoms with Crippen molar-refractivity contribution in [3.63, 3.8) is 0 Å². The molecule has 0 spiro atoms. The highest BCUT2D eigenvalue weighted by molar-refractivity contribution is 9.10. The Morgan fingerprint density at radius 2 is 2.14 bits per heavy atom. The van der Waals surface area contributed by atoms with Crippen molar-refractivity contribution in [2.75, 3.05) is 0 Å². The number of nitrogens with one attached hydrogen (secondary N) is 2. The van der Waals surface area contributed by atoms with Crippen molar-refractivity contribution in [1.82, 2.24) is 20.2 Å². The fraction of sp³-hybridized carbons (Fsp3) is 0.0500. The maximum Gasteiger partial charge on any atom is 0.291 e. The van der Waals surface area contributed by atoms with Crippen molar-refractivity contribution < 1.29 is 9.18 Å². The summed E-state index contributed by atoms with van der Waals surface area (Å²) in [6.07, 6.45) is 5.01. The Labute approximate surface area is 168 Å². The minimum atomic E-state index is -0.440. The molecule has 0 fully saturated rings. The van der Waals surface area contributed by atoms with E-state index < -0.39 is 5.91 Å². The van der Waals surface area contributed by atoms with E-state index in [-0.39, 0.29) is 18.1 Å². The zero-order valence-electron chi connectivity index (χ0n) is 14.6. The molecule has 2 N–H and O–H groups in total. The maximum absolute atomic E-state index is 13.7. The fourth-order valence-corrected chi connectivity index (χ4v) is 3.17. The van der Waals surface area contributed by atoms with E-state index >= 15 is 0 Å². The van der Waals surface area contributed by atoms with Crippen molar-refractivity contribution >= 4 is 39.0 Å². The van der Waals surface area contributed by atoms with Crippen LogP contribution in [-0.4, -0.2) is 26.9 Å². The van der Waals surface area contributed by atoms with Gasteiger partial charge in [-0.2, -0.15) is 10.2 Å². The van der Waals surface area contributed by atoms with E-state index in [0.29, 0.717) is 5.56 Å². The lowest BCUT2D eigenvalue weighted by atomic mass is 10.2. The third kappa shape index (κ3) is 3.86. The summed E-state index contributed by atoms with van der Waals surface area (Å²) in [5.41, 5.74) is 4.99. The van der Waals surface area contributed by atoms with Crippen LogP contribution in [0.1, 0.15) is 21.6 Å². The molecule has 0 saturated carbocycles. The number of hydrogen-bond donors (Lipinski definition) is 2. The molecule has 0 saturated heterocycles. The number of carbonyl (C=O) groups is 1. The molecule has 2 heterocycles. The molecule has 0 aliphatic heterocycles. The summed E-state index contributed by atoms with van der Waals surface area (Å²) < 4.78 is 16.2. The van der Waals surface area contributed by atoms with E-state index in [0.717, 1.165) is 20.9 Å². The maximum atomic E-state index is 13.7. The highest BCUT2D eigenvalue weighted by Gasteiger charge is 2.10. The van der Waals surface area contributed by atoms with Gasteiger partial charge in [0.15, 0.2) is 5.69 Å². The van der Waals surface area contributed by atoms with Gasteiger partial charge in [-0.1, -0.05) is 34.1 Å². The SMILES string of the molecule is O=C(N/N=C/c1c[nH]c2ccc(Br)cc12)c1ccn(Cc2ccccc2F)n1. The summed E-state index contributed by atoms with van der Waals surface area (Å²) in [6.45, 7) is 0.243. The molecular weight excluding hydrogens is 425 g/mol. The van der Waals surface area contributed by atoms with Gasteiger partial charge >= 0.3 is 0 Å². The standard InChI is InChI=1S/C20H15BrFN5O/c21-15-5-6-18-16(9-15)14(10-23-18)11-24-25-20(28)19-7-8-27(26-19)12-13-3-1-2-4-17(13)22/h1-11,23H,12H2,(H,25,28)/b24-11+. The first-order chi connectivity index (χ1) is 13.6. The number of H-pyrrole nitrogens is 1. The third-order valence-electron chi connectivity index (χ3n) is 4.21. The van der Waals surface area contributed by atoms with Crippen molar-refractivity contribution in [2.45, 2.75) is 6.54 Å². The summed E-state index contributed by atoms with van der Waals surface area (Å²) in [5, 5.41) is 9.17. The van der Waals surface area contributed by atoms with Crippen LogP contribution in [0.3, 0.4) is 0 Å². The minimum absolute atomic E-state index is 0.204. The Hall–Kier alpha value is -3.26. The Balaban J connectivity index is 1.42. The molecule has 0 aliphatic carbocycles. The van der Waals surface area contributed by atoms with Gasteiger partial charge < -0.3 is 4.98 Å². The van der Waals surface area contributed by atoms with Crippen LogP contribution in [0.15, 0.2) is 70.5 Å². The number of fused-ring (bicyclic) bond motifs is 1. The molecule has 2 aromatic heterocycles. The average molecular weight is 440 g/mol. The topological polar surface area (TPSA) is 75.1 Å². The lowest BCUT2D eigenvalue weighted by molar-refractivity contribution is 0.0949. The number of benzene rings is 2. The van der Waals surface area contributed by atoms with E-state index in [1.165, 1.54) is 10.7 Å².